The molecular weight excluding hydrogens is 433 g/mol. The van der Waals surface area contributed by atoms with Gasteiger partial charge in [0.15, 0.2) is 0 Å². The molecular formula is C20H23F3N4O3S. The predicted octanol–water partition coefficient (Wildman–Crippen LogP) is 2.82. The third-order valence-electron chi connectivity index (χ3n) is 5.03. The topological polar surface area (TPSA) is 82.6 Å². The number of nitrogens with zero attached hydrogens (tertiary/aromatic N) is 3. The van der Waals surface area contributed by atoms with Crippen molar-refractivity contribution in [3.8, 4) is 0 Å². The van der Waals surface area contributed by atoms with Gasteiger partial charge in [0.25, 0.3) is 5.91 Å². The number of pyridine rings is 1. The van der Waals surface area contributed by atoms with Crippen molar-refractivity contribution in [2.75, 3.05) is 36.7 Å². The number of piperazine rings is 1. The van der Waals surface area contributed by atoms with E-state index in [4.69, 9.17) is 0 Å². The fraction of sp³-hybridized carbons (Fsp3) is 0.400. The van der Waals surface area contributed by atoms with E-state index in [9.17, 15) is 26.4 Å². The quantitative estimate of drug-likeness (QED) is 0.723. The Morgan fingerprint density at radius 3 is 2.32 bits per heavy atom. The summed E-state index contributed by atoms with van der Waals surface area (Å²) in [7, 11) is -3.90. The Labute approximate surface area is 178 Å². The van der Waals surface area contributed by atoms with Crippen molar-refractivity contribution in [2.24, 2.45) is 0 Å². The summed E-state index contributed by atoms with van der Waals surface area (Å²) in [5, 5.41) is 0. The Balaban J connectivity index is 1.72. The summed E-state index contributed by atoms with van der Waals surface area (Å²) in [6.07, 6.45) is -1.40. The lowest BCUT2D eigenvalue weighted by Gasteiger charge is -2.35. The predicted molar refractivity (Wildman–Crippen MR) is 110 cm³/mol. The number of aromatic nitrogens is 1. The zero-order valence-corrected chi connectivity index (χ0v) is 17.7. The summed E-state index contributed by atoms with van der Waals surface area (Å²) in [6, 6.07) is 6.73. The van der Waals surface area contributed by atoms with Gasteiger partial charge in [-0.1, -0.05) is 0 Å². The molecule has 1 aromatic carbocycles. The molecule has 1 aliphatic heterocycles. The van der Waals surface area contributed by atoms with E-state index in [0.717, 1.165) is 11.6 Å². The fourth-order valence-corrected chi connectivity index (χ4v) is 3.94. The molecule has 0 bridgehead atoms. The van der Waals surface area contributed by atoms with Gasteiger partial charge in [-0.15, -0.1) is 0 Å². The second kappa shape index (κ2) is 9.23. The van der Waals surface area contributed by atoms with Crippen molar-refractivity contribution >= 4 is 21.6 Å². The molecule has 2 aromatic rings. The summed E-state index contributed by atoms with van der Waals surface area (Å²) in [6.45, 7) is 3.98. The monoisotopic (exact) mass is 456 g/mol. The van der Waals surface area contributed by atoms with Gasteiger partial charge in [-0.25, -0.2) is 8.42 Å². The number of rotatable bonds is 6. The normalized spacial score (nSPS) is 15.7. The van der Waals surface area contributed by atoms with E-state index >= 15 is 0 Å². The summed E-state index contributed by atoms with van der Waals surface area (Å²) < 4.78 is 65.9. The summed E-state index contributed by atoms with van der Waals surface area (Å²) in [4.78, 5) is 20.4. The van der Waals surface area contributed by atoms with Crippen LogP contribution >= 0.6 is 0 Å². The Hall–Kier alpha value is -2.66. The molecule has 2 heterocycles. The number of anilines is 1. The van der Waals surface area contributed by atoms with E-state index in [0.29, 0.717) is 38.8 Å². The van der Waals surface area contributed by atoms with Gasteiger partial charge in [0.2, 0.25) is 10.0 Å². The minimum Gasteiger partial charge on any atom is -0.336 e. The van der Waals surface area contributed by atoms with Gasteiger partial charge in [0.1, 0.15) is 0 Å². The average molecular weight is 456 g/mol. The lowest BCUT2D eigenvalue weighted by molar-refractivity contribution is -0.136. The van der Waals surface area contributed by atoms with Crippen LogP contribution in [0.5, 0.6) is 0 Å². The molecule has 0 saturated carbocycles. The average Bonchev–Trinajstić information content (AvgIpc) is 2.74. The molecule has 168 valence electrons. The molecule has 0 spiro atoms. The van der Waals surface area contributed by atoms with Gasteiger partial charge in [-0.05, 0) is 42.8 Å². The van der Waals surface area contributed by atoms with Gasteiger partial charge >= 0.3 is 6.18 Å². The van der Waals surface area contributed by atoms with E-state index in [-0.39, 0.29) is 11.3 Å². The van der Waals surface area contributed by atoms with Crippen LogP contribution in [0.25, 0.3) is 0 Å². The molecule has 3 rings (SSSR count). The van der Waals surface area contributed by atoms with E-state index in [1.807, 2.05) is 16.9 Å². The number of amides is 1. The Kier molecular flexibility index (Phi) is 6.85. The second-order valence-corrected chi connectivity index (χ2v) is 9.20. The molecule has 7 nitrogen and oxygen atoms in total. The maximum atomic E-state index is 13.5. The summed E-state index contributed by atoms with van der Waals surface area (Å²) in [5.74, 6) is -0.881. The molecule has 0 unspecified atom stereocenters. The number of hydrogen-bond donors (Lipinski definition) is 1. The van der Waals surface area contributed by atoms with E-state index in [1.165, 1.54) is 17.9 Å². The standard InChI is InChI=1S/C20H23F3N4O3S/c1-2-31(29,30)25-18-4-3-16(13-17(18)20(21,22)23)19(28)27-11-9-26(10-12-27)14-15-5-7-24-8-6-15/h3-8,13,25H,2,9-12,14H2,1H3. The highest BCUT2D eigenvalue weighted by Gasteiger charge is 2.35. The van der Waals surface area contributed by atoms with Crippen LogP contribution in [0.1, 0.15) is 28.4 Å². The van der Waals surface area contributed by atoms with Crippen LogP contribution in [0, 0.1) is 0 Å². The lowest BCUT2D eigenvalue weighted by Crippen LogP contribution is -2.48. The number of sulfonamides is 1. The Morgan fingerprint density at radius 1 is 1.10 bits per heavy atom. The maximum absolute atomic E-state index is 13.5. The number of halogens is 3. The largest absolute Gasteiger partial charge is 0.418 e. The van der Waals surface area contributed by atoms with Gasteiger partial charge in [-0.3, -0.25) is 19.4 Å². The number of nitrogens with one attached hydrogen (secondary N) is 1. The van der Waals surface area contributed by atoms with E-state index in [2.05, 4.69) is 9.88 Å². The van der Waals surface area contributed by atoms with Gasteiger partial charge < -0.3 is 4.90 Å². The van der Waals surface area contributed by atoms with Crippen LogP contribution in [-0.2, 0) is 22.7 Å². The molecule has 1 saturated heterocycles. The van der Waals surface area contributed by atoms with E-state index < -0.39 is 33.4 Å². The van der Waals surface area contributed by atoms with Crippen LogP contribution in [0.3, 0.4) is 0 Å². The van der Waals surface area contributed by atoms with Crippen LogP contribution in [0.4, 0.5) is 18.9 Å². The lowest BCUT2D eigenvalue weighted by atomic mass is 10.1. The summed E-state index contributed by atoms with van der Waals surface area (Å²) >= 11 is 0. The zero-order chi connectivity index (χ0) is 22.6. The van der Waals surface area contributed by atoms with Crippen LogP contribution in [-0.4, -0.2) is 61.0 Å². The molecule has 1 fully saturated rings. The molecule has 0 aliphatic carbocycles. The van der Waals surface area contributed by atoms with Crippen molar-refractivity contribution in [3.63, 3.8) is 0 Å². The van der Waals surface area contributed by atoms with Crippen molar-refractivity contribution in [3.05, 3.63) is 59.4 Å². The molecule has 1 amide bonds. The fourth-order valence-electron chi connectivity index (χ4n) is 3.28. The van der Waals surface area contributed by atoms with Gasteiger partial charge in [-0.2, -0.15) is 13.2 Å². The molecule has 0 radical (unpaired) electrons. The minimum absolute atomic E-state index is 0.130. The van der Waals surface area contributed by atoms with Gasteiger partial charge in [0, 0.05) is 50.7 Å². The molecule has 0 atom stereocenters. The molecule has 1 N–H and O–H groups in total. The minimum atomic E-state index is -4.81. The molecule has 1 aliphatic rings. The first-order valence-corrected chi connectivity index (χ1v) is 11.4. The van der Waals surface area contributed by atoms with E-state index in [1.54, 1.807) is 12.4 Å². The second-order valence-electron chi connectivity index (χ2n) is 7.19. The number of hydrogen-bond acceptors (Lipinski definition) is 5. The van der Waals surface area contributed by atoms with Crippen molar-refractivity contribution in [1.29, 1.82) is 0 Å². The summed E-state index contributed by atoms with van der Waals surface area (Å²) in [5.41, 5.74) is -0.816. The van der Waals surface area contributed by atoms with Crippen molar-refractivity contribution < 1.29 is 26.4 Å². The molecule has 1 aromatic heterocycles. The highest BCUT2D eigenvalue weighted by atomic mass is 32.2. The van der Waals surface area contributed by atoms with Crippen LogP contribution < -0.4 is 4.72 Å². The van der Waals surface area contributed by atoms with Crippen molar-refractivity contribution in [2.45, 2.75) is 19.6 Å². The maximum Gasteiger partial charge on any atom is 0.418 e. The zero-order valence-electron chi connectivity index (χ0n) is 16.9. The van der Waals surface area contributed by atoms with Gasteiger partial charge in [0.05, 0.1) is 17.0 Å². The highest BCUT2D eigenvalue weighted by Crippen LogP contribution is 2.36. The highest BCUT2D eigenvalue weighted by molar-refractivity contribution is 7.92. The van der Waals surface area contributed by atoms with Crippen LogP contribution in [0.2, 0.25) is 0 Å². The smallest absolute Gasteiger partial charge is 0.336 e. The third-order valence-corrected chi connectivity index (χ3v) is 6.32. The Bertz CT molecular complexity index is 1020. The first-order valence-electron chi connectivity index (χ1n) is 9.71. The number of carbonyl (C=O) groups is 1. The number of alkyl halides is 3. The molecule has 31 heavy (non-hydrogen) atoms. The Morgan fingerprint density at radius 2 is 1.74 bits per heavy atom. The SMILES string of the molecule is CCS(=O)(=O)Nc1ccc(C(=O)N2CCN(Cc3ccncc3)CC2)cc1C(F)(F)F. The first kappa shape index (κ1) is 23.0. The number of carbonyl (C=O) groups excluding carboxylic acids is 1. The first-order chi connectivity index (χ1) is 14.6. The number of benzene rings is 1. The van der Waals surface area contributed by atoms with Crippen LogP contribution in [0.15, 0.2) is 42.7 Å². The third kappa shape index (κ3) is 5.95. The van der Waals surface area contributed by atoms with Crippen molar-refractivity contribution in [1.82, 2.24) is 14.8 Å². The molecule has 11 heteroatoms.